The zero-order valence-corrected chi connectivity index (χ0v) is 10.4. The molecule has 3 nitrogen and oxygen atoms in total. The van der Waals surface area contributed by atoms with E-state index in [1.54, 1.807) is 6.92 Å². The first-order chi connectivity index (χ1) is 6.85. The molecule has 1 N–H and O–H groups in total. The standard InChI is InChI=1S/C11H17NO2S/c1-5-15(13,14)12-11-7-9(3)8(2)6-10(11)4/h6-7,12H,5H2,1-4H3. The lowest BCUT2D eigenvalue weighted by Gasteiger charge is -2.11. The molecular formula is C11H17NO2S. The van der Waals surface area contributed by atoms with Crippen molar-refractivity contribution in [2.75, 3.05) is 10.5 Å². The first kappa shape index (κ1) is 12.0. The van der Waals surface area contributed by atoms with Crippen LogP contribution in [0.3, 0.4) is 0 Å². The van der Waals surface area contributed by atoms with Gasteiger partial charge in [0.15, 0.2) is 0 Å². The van der Waals surface area contributed by atoms with Crippen LogP contribution >= 0.6 is 0 Å². The van der Waals surface area contributed by atoms with E-state index in [0.717, 1.165) is 11.1 Å². The highest BCUT2D eigenvalue weighted by Gasteiger charge is 2.09. The summed E-state index contributed by atoms with van der Waals surface area (Å²) in [5.41, 5.74) is 3.90. The maximum atomic E-state index is 11.4. The summed E-state index contributed by atoms with van der Waals surface area (Å²) in [6.45, 7) is 7.51. The minimum Gasteiger partial charge on any atom is -0.283 e. The topological polar surface area (TPSA) is 46.2 Å². The molecule has 0 heterocycles. The van der Waals surface area contributed by atoms with Crippen LogP contribution in [-0.2, 0) is 10.0 Å². The van der Waals surface area contributed by atoms with Gasteiger partial charge in [-0.15, -0.1) is 0 Å². The van der Waals surface area contributed by atoms with E-state index in [4.69, 9.17) is 0 Å². The third-order valence-electron chi connectivity index (χ3n) is 2.49. The van der Waals surface area contributed by atoms with Crippen molar-refractivity contribution in [3.05, 3.63) is 28.8 Å². The van der Waals surface area contributed by atoms with E-state index in [2.05, 4.69) is 4.72 Å². The Morgan fingerprint density at radius 1 is 1.07 bits per heavy atom. The van der Waals surface area contributed by atoms with Crippen LogP contribution in [0.5, 0.6) is 0 Å². The summed E-state index contributed by atoms with van der Waals surface area (Å²) < 4.78 is 25.4. The van der Waals surface area contributed by atoms with Crippen LogP contribution in [0.2, 0.25) is 0 Å². The van der Waals surface area contributed by atoms with E-state index in [9.17, 15) is 8.42 Å². The first-order valence-electron chi connectivity index (χ1n) is 4.94. The van der Waals surface area contributed by atoms with Gasteiger partial charge in [0.2, 0.25) is 10.0 Å². The first-order valence-corrected chi connectivity index (χ1v) is 6.59. The van der Waals surface area contributed by atoms with Crippen molar-refractivity contribution in [2.45, 2.75) is 27.7 Å². The van der Waals surface area contributed by atoms with Crippen LogP contribution in [-0.4, -0.2) is 14.2 Å². The lowest BCUT2D eigenvalue weighted by molar-refractivity contribution is 0.602. The van der Waals surface area contributed by atoms with Gasteiger partial charge in [-0.1, -0.05) is 6.07 Å². The Bertz CT molecular complexity index is 464. The highest BCUT2D eigenvalue weighted by molar-refractivity contribution is 7.92. The van der Waals surface area contributed by atoms with Crippen molar-refractivity contribution in [3.8, 4) is 0 Å². The smallest absolute Gasteiger partial charge is 0.232 e. The Labute approximate surface area is 91.6 Å². The van der Waals surface area contributed by atoms with Gasteiger partial charge in [-0.2, -0.15) is 0 Å². The third kappa shape index (κ3) is 2.96. The van der Waals surface area contributed by atoms with Crippen LogP contribution in [0.4, 0.5) is 5.69 Å². The van der Waals surface area contributed by atoms with Crippen molar-refractivity contribution < 1.29 is 8.42 Å². The summed E-state index contributed by atoms with van der Waals surface area (Å²) in [6.07, 6.45) is 0. The molecule has 0 saturated carbocycles. The number of nitrogens with one attached hydrogen (secondary N) is 1. The Morgan fingerprint density at radius 2 is 1.60 bits per heavy atom. The van der Waals surface area contributed by atoms with Crippen LogP contribution in [0.1, 0.15) is 23.6 Å². The molecule has 1 aromatic rings. The van der Waals surface area contributed by atoms with Gasteiger partial charge in [0.05, 0.1) is 11.4 Å². The molecule has 1 aromatic carbocycles. The maximum Gasteiger partial charge on any atom is 0.232 e. The normalized spacial score (nSPS) is 11.5. The number of hydrogen-bond acceptors (Lipinski definition) is 2. The fourth-order valence-corrected chi connectivity index (χ4v) is 2.01. The van der Waals surface area contributed by atoms with E-state index in [0.29, 0.717) is 5.69 Å². The number of sulfonamides is 1. The highest BCUT2D eigenvalue weighted by atomic mass is 32.2. The Hall–Kier alpha value is -1.03. The predicted octanol–water partition coefficient (Wildman–Crippen LogP) is 2.37. The molecule has 0 spiro atoms. The molecule has 4 heteroatoms. The second-order valence-electron chi connectivity index (χ2n) is 3.76. The van der Waals surface area contributed by atoms with E-state index >= 15 is 0 Å². The summed E-state index contributed by atoms with van der Waals surface area (Å²) >= 11 is 0. The molecule has 0 fully saturated rings. The van der Waals surface area contributed by atoms with Crippen molar-refractivity contribution in [1.82, 2.24) is 0 Å². The molecule has 0 amide bonds. The largest absolute Gasteiger partial charge is 0.283 e. The molecule has 1 rings (SSSR count). The highest BCUT2D eigenvalue weighted by Crippen LogP contribution is 2.20. The van der Waals surface area contributed by atoms with Crippen LogP contribution in [0.15, 0.2) is 12.1 Å². The minimum absolute atomic E-state index is 0.0966. The van der Waals surface area contributed by atoms with Gasteiger partial charge in [-0.3, -0.25) is 4.72 Å². The summed E-state index contributed by atoms with van der Waals surface area (Å²) in [6, 6.07) is 3.86. The molecule has 0 aliphatic carbocycles. The molecule has 0 atom stereocenters. The van der Waals surface area contributed by atoms with E-state index in [-0.39, 0.29) is 5.75 Å². The number of hydrogen-bond donors (Lipinski definition) is 1. The Morgan fingerprint density at radius 3 is 2.13 bits per heavy atom. The van der Waals surface area contributed by atoms with Crippen LogP contribution < -0.4 is 4.72 Å². The van der Waals surface area contributed by atoms with Crippen molar-refractivity contribution in [1.29, 1.82) is 0 Å². The van der Waals surface area contributed by atoms with Gasteiger partial charge < -0.3 is 0 Å². The molecule has 15 heavy (non-hydrogen) atoms. The van der Waals surface area contributed by atoms with Gasteiger partial charge >= 0.3 is 0 Å². The molecule has 0 aromatic heterocycles. The third-order valence-corrected chi connectivity index (χ3v) is 3.78. The molecule has 0 aliphatic rings. The predicted molar refractivity (Wildman–Crippen MR) is 63.7 cm³/mol. The van der Waals surface area contributed by atoms with Gasteiger partial charge in [0, 0.05) is 0 Å². The molecule has 84 valence electrons. The quantitative estimate of drug-likeness (QED) is 0.861. The van der Waals surface area contributed by atoms with Gasteiger partial charge in [-0.25, -0.2) is 8.42 Å². The van der Waals surface area contributed by atoms with Crippen molar-refractivity contribution >= 4 is 15.7 Å². The average molecular weight is 227 g/mol. The molecular weight excluding hydrogens is 210 g/mol. The SMILES string of the molecule is CCS(=O)(=O)Nc1cc(C)c(C)cc1C. The monoisotopic (exact) mass is 227 g/mol. The lowest BCUT2D eigenvalue weighted by atomic mass is 10.1. The zero-order valence-electron chi connectivity index (χ0n) is 9.59. The number of anilines is 1. The summed E-state index contributed by atoms with van der Waals surface area (Å²) in [4.78, 5) is 0. The van der Waals surface area contributed by atoms with Gasteiger partial charge in [-0.05, 0) is 50.5 Å². The summed E-state index contributed by atoms with van der Waals surface area (Å²) in [5, 5.41) is 0. The van der Waals surface area contributed by atoms with Crippen LogP contribution in [0, 0.1) is 20.8 Å². The molecule has 0 unspecified atom stereocenters. The fraction of sp³-hybridized carbons (Fsp3) is 0.455. The Kier molecular flexibility index (Phi) is 3.39. The average Bonchev–Trinajstić information content (AvgIpc) is 2.14. The van der Waals surface area contributed by atoms with Crippen LogP contribution in [0.25, 0.3) is 0 Å². The molecule has 0 bridgehead atoms. The molecule has 0 saturated heterocycles. The van der Waals surface area contributed by atoms with Crippen molar-refractivity contribution in [3.63, 3.8) is 0 Å². The van der Waals surface area contributed by atoms with Crippen molar-refractivity contribution in [2.24, 2.45) is 0 Å². The minimum atomic E-state index is -3.17. The fourth-order valence-electron chi connectivity index (χ4n) is 1.31. The van der Waals surface area contributed by atoms with Gasteiger partial charge in [0.1, 0.15) is 0 Å². The Balaban J connectivity index is 3.12. The summed E-state index contributed by atoms with van der Waals surface area (Å²) in [7, 11) is -3.17. The second kappa shape index (κ2) is 4.23. The zero-order chi connectivity index (χ0) is 11.6. The number of benzene rings is 1. The van der Waals surface area contributed by atoms with Gasteiger partial charge in [0.25, 0.3) is 0 Å². The second-order valence-corrected chi connectivity index (χ2v) is 5.77. The maximum absolute atomic E-state index is 11.4. The summed E-state index contributed by atoms with van der Waals surface area (Å²) in [5.74, 6) is 0.0966. The van der Waals surface area contributed by atoms with E-state index in [1.807, 2.05) is 32.9 Å². The number of rotatable bonds is 3. The van der Waals surface area contributed by atoms with E-state index in [1.165, 1.54) is 5.56 Å². The molecule has 0 radical (unpaired) electrons. The number of aryl methyl sites for hydroxylation is 3. The lowest BCUT2D eigenvalue weighted by Crippen LogP contribution is -2.15. The van der Waals surface area contributed by atoms with E-state index < -0.39 is 10.0 Å². The molecule has 0 aliphatic heterocycles.